The molecule has 1 aromatic heterocycles. The van der Waals surface area contributed by atoms with Gasteiger partial charge in [0.15, 0.2) is 0 Å². The molecule has 0 N–H and O–H groups in total. The van der Waals surface area contributed by atoms with Gasteiger partial charge in [-0.15, -0.1) is 0 Å². The topological polar surface area (TPSA) is 52.5 Å². The lowest BCUT2D eigenvalue weighted by Crippen LogP contribution is -2.15. The van der Waals surface area contributed by atoms with Crippen molar-refractivity contribution in [1.82, 2.24) is 4.57 Å². The van der Waals surface area contributed by atoms with E-state index in [1.165, 1.54) is 22.3 Å². The Kier molecular flexibility index (Phi) is 6.60. The maximum absolute atomic E-state index is 10.9. The number of nitriles is 2. The average Bonchev–Trinajstić information content (AvgIpc) is 3.61. The van der Waals surface area contributed by atoms with Crippen LogP contribution in [0.4, 0.5) is 0 Å². The summed E-state index contributed by atoms with van der Waals surface area (Å²) in [5.41, 5.74) is 14.4. The van der Waals surface area contributed by atoms with E-state index in [4.69, 9.17) is 0 Å². The molecule has 9 rings (SSSR count). The van der Waals surface area contributed by atoms with Crippen molar-refractivity contribution in [3.8, 4) is 62.3 Å². The van der Waals surface area contributed by atoms with Crippen LogP contribution in [0.25, 0.3) is 72.0 Å². The van der Waals surface area contributed by atoms with E-state index in [0.717, 1.165) is 55.2 Å². The molecule has 3 nitrogen and oxygen atoms in total. The van der Waals surface area contributed by atoms with Crippen molar-refractivity contribution in [3.05, 3.63) is 174 Å². The van der Waals surface area contributed by atoms with Gasteiger partial charge in [0.05, 0.1) is 27.8 Å². The zero-order chi connectivity index (χ0) is 34.0. The van der Waals surface area contributed by atoms with Crippen LogP contribution in [-0.4, -0.2) is 4.57 Å². The molecule has 0 saturated heterocycles. The molecule has 1 aliphatic rings. The maximum Gasteiger partial charge on any atom is 0.101 e. The second-order valence-corrected chi connectivity index (χ2v) is 13.5. The summed E-state index contributed by atoms with van der Waals surface area (Å²) in [6, 6.07) is 57.5. The molecule has 0 atom stereocenters. The fraction of sp³-hybridized carbons (Fsp3) is 0.0638. The first kappa shape index (κ1) is 29.5. The highest BCUT2D eigenvalue weighted by Crippen LogP contribution is 2.51. The van der Waals surface area contributed by atoms with Crippen molar-refractivity contribution >= 4 is 21.8 Å². The molecular weight excluding hydrogens is 607 g/mol. The molecule has 3 heteroatoms. The van der Waals surface area contributed by atoms with Crippen LogP contribution in [0.15, 0.2) is 152 Å². The second-order valence-electron chi connectivity index (χ2n) is 13.5. The first-order valence-corrected chi connectivity index (χ1v) is 16.9. The molecule has 1 aliphatic carbocycles. The normalized spacial score (nSPS) is 12.7. The molecular formula is C47H31N3. The van der Waals surface area contributed by atoms with Gasteiger partial charge in [0.1, 0.15) is 12.1 Å². The Morgan fingerprint density at radius 1 is 0.460 bits per heavy atom. The molecule has 0 unspecified atom stereocenters. The first-order valence-electron chi connectivity index (χ1n) is 16.9. The smallest absolute Gasteiger partial charge is 0.101 e. The summed E-state index contributed by atoms with van der Waals surface area (Å²) >= 11 is 0. The van der Waals surface area contributed by atoms with Crippen LogP contribution in [-0.2, 0) is 5.41 Å². The fourth-order valence-corrected chi connectivity index (χ4v) is 8.17. The van der Waals surface area contributed by atoms with Gasteiger partial charge < -0.3 is 4.57 Å². The number of hydrogen-bond donors (Lipinski definition) is 0. The minimum Gasteiger partial charge on any atom is -0.307 e. The first-order chi connectivity index (χ1) is 24.5. The Hall–Kier alpha value is -6.68. The number of para-hydroxylation sites is 1. The molecule has 0 fully saturated rings. The van der Waals surface area contributed by atoms with Crippen LogP contribution in [0.1, 0.15) is 36.1 Å². The van der Waals surface area contributed by atoms with Gasteiger partial charge in [0.2, 0.25) is 0 Å². The lowest BCUT2D eigenvalue weighted by molar-refractivity contribution is 0.661. The lowest BCUT2D eigenvalue weighted by Gasteiger charge is -2.22. The molecule has 7 aromatic carbocycles. The summed E-state index contributed by atoms with van der Waals surface area (Å²) in [4.78, 5) is 0. The third kappa shape index (κ3) is 4.28. The molecule has 234 valence electrons. The Morgan fingerprint density at radius 3 is 1.66 bits per heavy atom. The summed E-state index contributed by atoms with van der Waals surface area (Å²) < 4.78 is 2.14. The van der Waals surface area contributed by atoms with E-state index in [2.05, 4.69) is 128 Å². The predicted molar refractivity (Wildman–Crippen MR) is 204 cm³/mol. The molecule has 8 aromatic rings. The summed E-state index contributed by atoms with van der Waals surface area (Å²) in [6.07, 6.45) is 0. The molecule has 0 amide bonds. The van der Waals surface area contributed by atoms with Crippen LogP contribution >= 0.6 is 0 Å². The minimum atomic E-state index is -0.198. The monoisotopic (exact) mass is 637 g/mol. The standard InChI is InChI=1S/C47H31N3/c1-47(2)41-22-11-9-18-37(41)39-26-40-38-19-10-12-23-43(38)50(44(40)27-42(39)47)46-33(28-48)24-32(25-34(46)29-49)45-35(30-14-5-3-6-15-30)20-13-21-36(45)31-16-7-4-8-17-31/h3-27H,1-2H3. The number of benzene rings is 7. The largest absolute Gasteiger partial charge is 0.307 e. The fourth-order valence-electron chi connectivity index (χ4n) is 8.17. The average molecular weight is 638 g/mol. The van der Waals surface area contributed by atoms with E-state index in [0.29, 0.717) is 16.8 Å². The van der Waals surface area contributed by atoms with E-state index in [1.54, 1.807) is 0 Å². The highest BCUT2D eigenvalue weighted by molar-refractivity contribution is 6.12. The van der Waals surface area contributed by atoms with Crippen LogP contribution in [0.2, 0.25) is 0 Å². The molecule has 0 radical (unpaired) electrons. The number of aromatic nitrogens is 1. The number of nitrogens with zero attached hydrogens (tertiary/aromatic N) is 3. The van der Waals surface area contributed by atoms with Crippen LogP contribution in [0, 0.1) is 22.7 Å². The lowest BCUT2D eigenvalue weighted by atomic mass is 9.82. The Bertz CT molecular complexity index is 2640. The van der Waals surface area contributed by atoms with Gasteiger partial charge in [-0.1, -0.05) is 135 Å². The quantitative estimate of drug-likeness (QED) is 0.193. The van der Waals surface area contributed by atoms with Gasteiger partial charge in [0.25, 0.3) is 0 Å². The van der Waals surface area contributed by atoms with Crippen molar-refractivity contribution in [2.24, 2.45) is 0 Å². The van der Waals surface area contributed by atoms with Gasteiger partial charge in [0, 0.05) is 16.2 Å². The van der Waals surface area contributed by atoms with E-state index in [-0.39, 0.29) is 5.41 Å². The summed E-state index contributed by atoms with van der Waals surface area (Å²) in [7, 11) is 0. The van der Waals surface area contributed by atoms with Crippen LogP contribution in [0.3, 0.4) is 0 Å². The van der Waals surface area contributed by atoms with Gasteiger partial charge in [-0.2, -0.15) is 10.5 Å². The van der Waals surface area contributed by atoms with Gasteiger partial charge in [-0.3, -0.25) is 0 Å². The van der Waals surface area contributed by atoms with Gasteiger partial charge in [-0.25, -0.2) is 0 Å². The van der Waals surface area contributed by atoms with Crippen LogP contribution in [0.5, 0.6) is 0 Å². The molecule has 0 saturated carbocycles. The van der Waals surface area contributed by atoms with E-state index in [1.807, 2.05) is 54.6 Å². The van der Waals surface area contributed by atoms with Crippen molar-refractivity contribution in [3.63, 3.8) is 0 Å². The highest BCUT2D eigenvalue weighted by atomic mass is 15.0. The Labute approximate surface area is 291 Å². The predicted octanol–water partition coefficient (Wildman–Crippen LogP) is 11.8. The zero-order valence-corrected chi connectivity index (χ0v) is 27.8. The van der Waals surface area contributed by atoms with Crippen LogP contribution < -0.4 is 0 Å². The summed E-state index contributed by atoms with van der Waals surface area (Å²) in [6.45, 7) is 4.56. The molecule has 1 heterocycles. The highest BCUT2D eigenvalue weighted by Gasteiger charge is 2.36. The zero-order valence-electron chi connectivity index (χ0n) is 27.8. The van der Waals surface area contributed by atoms with E-state index < -0.39 is 0 Å². The SMILES string of the molecule is CC1(C)c2ccccc2-c2cc3c4ccccc4n(-c4c(C#N)cc(-c5c(-c6ccccc6)cccc5-c5ccccc5)cc4C#N)c3cc21. The van der Waals surface area contributed by atoms with Gasteiger partial charge in [-0.05, 0) is 86.0 Å². The molecule has 0 aliphatic heterocycles. The van der Waals surface area contributed by atoms with Crippen molar-refractivity contribution in [1.29, 1.82) is 10.5 Å². The van der Waals surface area contributed by atoms with Crippen molar-refractivity contribution in [2.75, 3.05) is 0 Å². The molecule has 0 bridgehead atoms. The number of hydrogen-bond acceptors (Lipinski definition) is 2. The molecule has 0 spiro atoms. The van der Waals surface area contributed by atoms with Gasteiger partial charge >= 0.3 is 0 Å². The van der Waals surface area contributed by atoms with E-state index >= 15 is 0 Å². The Morgan fingerprint density at radius 2 is 1.02 bits per heavy atom. The molecule has 50 heavy (non-hydrogen) atoms. The minimum absolute atomic E-state index is 0.198. The number of fused-ring (bicyclic) bond motifs is 6. The third-order valence-electron chi connectivity index (χ3n) is 10.5. The van der Waals surface area contributed by atoms with Crippen molar-refractivity contribution in [2.45, 2.75) is 19.3 Å². The third-order valence-corrected chi connectivity index (χ3v) is 10.5. The summed E-state index contributed by atoms with van der Waals surface area (Å²) in [5, 5.41) is 24.0. The van der Waals surface area contributed by atoms with E-state index in [9.17, 15) is 10.5 Å². The Balaban J connectivity index is 1.35. The number of rotatable bonds is 4. The second kappa shape index (κ2) is 11.2. The van der Waals surface area contributed by atoms with Crippen molar-refractivity contribution < 1.29 is 0 Å². The maximum atomic E-state index is 10.9. The summed E-state index contributed by atoms with van der Waals surface area (Å²) in [5.74, 6) is 0.